The fourth-order valence-electron chi connectivity index (χ4n) is 2.22. The number of nitrogens with two attached hydrogens (primary N) is 1. The zero-order valence-corrected chi connectivity index (χ0v) is 13.0. The highest BCUT2D eigenvalue weighted by Gasteiger charge is 2.13. The molecule has 0 heterocycles. The molecule has 0 spiro atoms. The van der Waals surface area contributed by atoms with Crippen LogP contribution >= 0.6 is 27.5 Å². The van der Waals surface area contributed by atoms with Crippen molar-refractivity contribution in [3.63, 3.8) is 0 Å². The van der Waals surface area contributed by atoms with E-state index in [0.29, 0.717) is 17.0 Å². The molecule has 4 N–H and O–H groups in total. The van der Waals surface area contributed by atoms with Crippen molar-refractivity contribution < 1.29 is 0 Å². The fourth-order valence-corrected chi connectivity index (χ4v) is 2.74. The van der Waals surface area contributed by atoms with Gasteiger partial charge in [0.25, 0.3) is 0 Å². The molecule has 0 bridgehead atoms. The molecule has 1 aromatic rings. The van der Waals surface area contributed by atoms with Crippen LogP contribution in [0.2, 0.25) is 5.02 Å². The lowest BCUT2D eigenvalue weighted by Crippen LogP contribution is -2.37. The first-order chi connectivity index (χ1) is 9.19. The van der Waals surface area contributed by atoms with Crippen LogP contribution in [0.1, 0.15) is 32.1 Å². The van der Waals surface area contributed by atoms with E-state index in [-0.39, 0.29) is 0 Å². The quantitative estimate of drug-likeness (QED) is 0.332. The average molecular weight is 346 g/mol. The molecule has 19 heavy (non-hydrogen) atoms. The topological polar surface area (TPSA) is 62.4 Å². The van der Waals surface area contributed by atoms with Gasteiger partial charge < -0.3 is 5.32 Å². The minimum atomic E-state index is 0.352. The van der Waals surface area contributed by atoms with Crippen LogP contribution < -0.4 is 16.6 Å². The van der Waals surface area contributed by atoms with Crippen molar-refractivity contribution in [2.75, 3.05) is 5.32 Å². The van der Waals surface area contributed by atoms with Crippen LogP contribution in [0.3, 0.4) is 0 Å². The third-order valence-electron chi connectivity index (χ3n) is 3.20. The van der Waals surface area contributed by atoms with E-state index in [1.807, 2.05) is 18.2 Å². The number of hydrazine groups is 1. The lowest BCUT2D eigenvalue weighted by atomic mass is 9.96. The van der Waals surface area contributed by atoms with Crippen molar-refractivity contribution in [2.24, 2.45) is 10.8 Å². The van der Waals surface area contributed by atoms with Crippen molar-refractivity contribution in [2.45, 2.75) is 38.1 Å². The number of hydrogen-bond donors (Lipinski definition) is 3. The van der Waals surface area contributed by atoms with Crippen LogP contribution in [-0.4, -0.2) is 12.0 Å². The average Bonchev–Trinajstić information content (AvgIpc) is 2.43. The molecule has 0 aromatic heterocycles. The summed E-state index contributed by atoms with van der Waals surface area (Å²) in [6.07, 6.45) is 6.05. The van der Waals surface area contributed by atoms with E-state index in [4.69, 9.17) is 17.4 Å². The van der Waals surface area contributed by atoms with Crippen LogP contribution in [0, 0.1) is 0 Å². The molecule has 1 fully saturated rings. The lowest BCUT2D eigenvalue weighted by molar-refractivity contribution is 0.442. The van der Waals surface area contributed by atoms with E-state index >= 15 is 0 Å². The number of anilines is 1. The molecule has 104 valence electrons. The van der Waals surface area contributed by atoms with E-state index in [2.05, 4.69) is 31.7 Å². The fraction of sp³-hybridized carbons (Fsp3) is 0.462. The van der Waals surface area contributed by atoms with Gasteiger partial charge >= 0.3 is 0 Å². The summed E-state index contributed by atoms with van der Waals surface area (Å²) in [5.41, 5.74) is 3.47. The summed E-state index contributed by atoms with van der Waals surface area (Å²) < 4.78 is 0.920. The number of guanidine groups is 1. The molecule has 0 atom stereocenters. The number of nitrogens with zero attached hydrogens (tertiary/aromatic N) is 1. The van der Waals surface area contributed by atoms with Crippen LogP contribution in [0.25, 0.3) is 0 Å². The Labute approximate surface area is 126 Å². The largest absolute Gasteiger partial charge is 0.324 e. The normalized spacial score (nSPS) is 17.3. The maximum absolute atomic E-state index is 5.98. The molecule has 0 radical (unpaired) electrons. The van der Waals surface area contributed by atoms with Crippen LogP contribution in [0.15, 0.2) is 27.7 Å². The lowest BCUT2D eigenvalue weighted by Gasteiger charge is -2.19. The van der Waals surface area contributed by atoms with Crippen LogP contribution in [0.4, 0.5) is 5.69 Å². The van der Waals surface area contributed by atoms with Gasteiger partial charge in [0.15, 0.2) is 0 Å². The molecular weight excluding hydrogens is 328 g/mol. The highest BCUT2D eigenvalue weighted by molar-refractivity contribution is 9.10. The highest BCUT2D eigenvalue weighted by Crippen LogP contribution is 2.26. The molecule has 4 nitrogen and oxygen atoms in total. The Balaban J connectivity index is 2.09. The number of rotatable bonds is 2. The smallest absolute Gasteiger partial charge is 0.210 e. The second-order valence-electron chi connectivity index (χ2n) is 4.66. The summed E-state index contributed by atoms with van der Waals surface area (Å²) in [5, 5.41) is 3.83. The zero-order valence-electron chi connectivity index (χ0n) is 10.6. The molecule has 0 aliphatic heterocycles. The molecule has 0 amide bonds. The molecule has 2 rings (SSSR count). The second-order valence-corrected chi connectivity index (χ2v) is 5.95. The molecule has 1 aliphatic carbocycles. The summed E-state index contributed by atoms with van der Waals surface area (Å²) in [5.74, 6) is 6.11. The molecule has 1 saturated carbocycles. The SMILES string of the molecule is NNC(=NC1CCCCC1)Nc1cc(Cl)ccc1Br. The number of hydrogen-bond acceptors (Lipinski definition) is 2. The minimum absolute atomic E-state index is 0.352. The summed E-state index contributed by atoms with van der Waals surface area (Å²) in [4.78, 5) is 4.63. The number of nitrogens with one attached hydrogen (secondary N) is 2. The molecule has 1 aliphatic rings. The van der Waals surface area contributed by atoms with E-state index in [9.17, 15) is 0 Å². The van der Waals surface area contributed by atoms with Gasteiger partial charge in [-0.05, 0) is 47.0 Å². The number of benzene rings is 1. The predicted octanol–water partition coefficient (Wildman–Crippen LogP) is 3.67. The summed E-state index contributed by atoms with van der Waals surface area (Å²) in [6.45, 7) is 0. The van der Waals surface area contributed by atoms with Crippen LogP contribution in [-0.2, 0) is 0 Å². The summed E-state index contributed by atoms with van der Waals surface area (Å²) in [6, 6.07) is 5.90. The Morgan fingerprint density at radius 1 is 1.32 bits per heavy atom. The Bertz CT molecular complexity index is 458. The third-order valence-corrected chi connectivity index (χ3v) is 4.13. The molecule has 6 heteroatoms. The van der Waals surface area contributed by atoms with Gasteiger partial charge in [0, 0.05) is 9.50 Å². The first-order valence-corrected chi connectivity index (χ1v) is 7.62. The van der Waals surface area contributed by atoms with E-state index in [1.54, 1.807) is 0 Å². The Morgan fingerprint density at radius 3 is 2.74 bits per heavy atom. The Hall–Kier alpha value is -0.780. The first-order valence-electron chi connectivity index (χ1n) is 6.45. The van der Waals surface area contributed by atoms with Gasteiger partial charge in [0.2, 0.25) is 5.96 Å². The van der Waals surface area contributed by atoms with E-state index < -0.39 is 0 Å². The van der Waals surface area contributed by atoms with Gasteiger partial charge in [-0.3, -0.25) is 5.43 Å². The Kier molecular flexibility index (Phi) is 5.48. The highest BCUT2D eigenvalue weighted by atomic mass is 79.9. The van der Waals surface area contributed by atoms with Gasteiger partial charge in [-0.1, -0.05) is 30.9 Å². The van der Waals surface area contributed by atoms with Crippen molar-refractivity contribution in [1.29, 1.82) is 0 Å². The van der Waals surface area contributed by atoms with Gasteiger partial charge in [-0.25, -0.2) is 10.8 Å². The monoisotopic (exact) mass is 344 g/mol. The van der Waals surface area contributed by atoms with Gasteiger partial charge in [-0.15, -0.1) is 0 Å². The van der Waals surface area contributed by atoms with Gasteiger partial charge in [0.05, 0.1) is 11.7 Å². The number of halogens is 2. The zero-order chi connectivity index (χ0) is 13.7. The molecular formula is C13H18BrClN4. The predicted molar refractivity (Wildman–Crippen MR) is 84.4 cm³/mol. The number of aliphatic imine (C=N–C) groups is 1. The first kappa shape index (κ1) is 14.6. The molecule has 1 aromatic carbocycles. The molecule has 0 unspecified atom stereocenters. The maximum Gasteiger partial charge on any atom is 0.210 e. The molecule has 0 saturated heterocycles. The second kappa shape index (κ2) is 7.12. The van der Waals surface area contributed by atoms with Crippen molar-refractivity contribution >= 4 is 39.2 Å². The minimum Gasteiger partial charge on any atom is -0.324 e. The summed E-state index contributed by atoms with van der Waals surface area (Å²) >= 11 is 9.45. The van der Waals surface area contributed by atoms with Crippen LogP contribution in [0.5, 0.6) is 0 Å². The van der Waals surface area contributed by atoms with Gasteiger partial charge in [0.1, 0.15) is 0 Å². The van der Waals surface area contributed by atoms with Crippen molar-refractivity contribution in [1.82, 2.24) is 5.43 Å². The Morgan fingerprint density at radius 2 is 2.05 bits per heavy atom. The standard InChI is InChI=1S/C13H18BrClN4/c14-11-7-6-9(15)8-12(11)18-13(19-16)17-10-4-2-1-3-5-10/h6-8,10H,1-5,16H2,(H2,17,18,19). The summed E-state index contributed by atoms with van der Waals surface area (Å²) in [7, 11) is 0. The van der Waals surface area contributed by atoms with Gasteiger partial charge in [-0.2, -0.15) is 0 Å². The van der Waals surface area contributed by atoms with E-state index in [1.165, 1.54) is 19.3 Å². The maximum atomic E-state index is 5.98. The van der Waals surface area contributed by atoms with E-state index in [0.717, 1.165) is 23.0 Å². The van der Waals surface area contributed by atoms with Crippen molar-refractivity contribution in [3.05, 3.63) is 27.7 Å². The van der Waals surface area contributed by atoms with Crippen molar-refractivity contribution in [3.8, 4) is 0 Å². The third kappa shape index (κ3) is 4.37.